The highest BCUT2D eigenvalue weighted by Gasteiger charge is 2.47. The molecule has 0 amide bonds. The second-order valence-corrected chi connectivity index (χ2v) is 8.44. The van der Waals surface area contributed by atoms with Gasteiger partial charge < -0.3 is 0 Å². The minimum atomic E-state index is -3.13. The summed E-state index contributed by atoms with van der Waals surface area (Å²) in [6.45, 7) is 3.78. The maximum atomic E-state index is 15.0. The second kappa shape index (κ2) is 9.97. The summed E-state index contributed by atoms with van der Waals surface area (Å²) in [5.41, 5.74) is 1.06. The van der Waals surface area contributed by atoms with Crippen molar-refractivity contribution in [3.8, 4) is 0 Å². The van der Waals surface area contributed by atoms with Crippen molar-refractivity contribution in [2.24, 2.45) is 0 Å². The standard InChI is InChI=1S/C26H29F5/c1-3-5-6-8-18-11-13-21(25(29)24(18)28)20-12-14-22(26(30,31)16-20)19-10-9-17(7-4-2)23(27)15-19/h3,5,9-11,13,15,20,22H,4,6-8,12,14,16H2,1-2H3/b5-3+. The van der Waals surface area contributed by atoms with E-state index in [0.717, 1.165) is 6.42 Å². The van der Waals surface area contributed by atoms with Gasteiger partial charge in [0.1, 0.15) is 5.82 Å². The van der Waals surface area contributed by atoms with E-state index in [1.54, 1.807) is 12.1 Å². The Morgan fingerprint density at radius 3 is 2.35 bits per heavy atom. The molecular formula is C26H29F5. The quantitative estimate of drug-likeness (QED) is 0.303. The van der Waals surface area contributed by atoms with E-state index in [9.17, 15) is 13.2 Å². The fourth-order valence-corrected chi connectivity index (χ4v) is 4.60. The number of rotatable bonds is 7. The van der Waals surface area contributed by atoms with Gasteiger partial charge in [-0.1, -0.05) is 49.8 Å². The van der Waals surface area contributed by atoms with Crippen LogP contribution in [0.2, 0.25) is 0 Å². The highest BCUT2D eigenvalue weighted by Crippen LogP contribution is 2.50. The molecule has 1 fully saturated rings. The highest BCUT2D eigenvalue weighted by atomic mass is 19.3. The van der Waals surface area contributed by atoms with Crippen LogP contribution in [0.1, 0.15) is 80.0 Å². The summed E-state index contributed by atoms with van der Waals surface area (Å²) in [6, 6.07) is 7.32. The Kier molecular flexibility index (Phi) is 7.55. The number of halogens is 5. The number of benzene rings is 2. The predicted molar refractivity (Wildman–Crippen MR) is 114 cm³/mol. The molecule has 31 heavy (non-hydrogen) atoms. The molecule has 0 aliphatic heterocycles. The summed E-state index contributed by atoms with van der Waals surface area (Å²) in [7, 11) is 0. The lowest BCUT2D eigenvalue weighted by Gasteiger charge is -2.36. The van der Waals surface area contributed by atoms with Crippen molar-refractivity contribution in [3.05, 3.63) is 82.2 Å². The van der Waals surface area contributed by atoms with Crippen LogP contribution in [-0.4, -0.2) is 5.92 Å². The maximum Gasteiger partial charge on any atom is 0.255 e. The lowest BCUT2D eigenvalue weighted by Crippen LogP contribution is -2.34. The molecule has 0 heterocycles. The average Bonchev–Trinajstić information content (AvgIpc) is 2.72. The summed E-state index contributed by atoms with van der Waals surface area (Å²) in [6.07, 6.45) is 5.79. The Labute approximate surface area is 181 Å². The Bertz CT molecular complexity index is 932. The average molecular weight is 437 g/mol. The van der Waals surface area contributed by atoms with Gasteiger partial charge in [-0.3, -0.25) is 0 Å². The van der Waals surface area contributed by atoms with Crippen LogP contribution >= 0.6 is 0 Å². The van der Waals surface area contributed by atoms with Crippen LogP contribution in [0.4, 0.5) is 22.0 Å². The van der Waals surface area contributed by atoms with Gasteiger partial charge >= 0.3 is 0 Å². The zero-order valence-electron chi connectivity index (χ0n) is 18.0. The molecule has 1 aliphatic carbocycles. The highest BCUT2D eigenvalue weighted by molar-refractivity contribution is 5.33. The van der Waals surface area contributed by atoms with E-state index in [-0.39, 0.29) is 23.1 Å². The van der Waals surface area contributed by atoms with Crippen LogP contribution in [0.25, 0.3) is 0 Å². The van der Waals surface area contributed by atoms with Crippen LogP contribution in [0, 0.1) is 17.5 Å². The first-order valence-electron chi connectivity index (χ1n) is 11.0. The molecule has 1 aliphatic rings. The third-order valence-corrected chi connectivity index (χ3v) is 6.28. The molecule has 0 bridgehead atoms. The van der Waals surface area contributed by atoms with Gasteiger partial charge in [-0.05, 0) is 73.3 Å². The van der Waals surface area contributed by atoms with Crippen molar-refractivity contribution in [2.45, 2.75) is 76.6 Å². The van der Waals surface area contributed by atoms with Gasteiger partial charge in [0.25, 0.3) is 5.92 Å². The fraction of sp³-hybridized carbons (Fsp3) is 0.462. The number of hydrogen-bond acceptors (Lipinski definition) is 0. The lowest BCUT2D eigenvalue weighted by molar-refractivity contribution is -0.0618. The van der Waals surface area contributed by atoms with Crippen LogP contribution < -0.4 is 0 Å². The molecule has 0 nitrogen and oxygen atoms in total. The number of allylic oxidation sites excluding steroid dienone is 2. The first-order valence-corrected chi connectivity index (χ1v) is 11.0. The molecule has 0 spiro atoms. The van der Waals surface area contributed by atoms with Crippen molar-refractivity contribution in [2.75, 3.05) is 0 Å². The van der Waals surface area contributed by atoms with Crippen LogP contribution in [0.15, 0.2) is 42.5 Å². The van der Waals surface area contributed by atoms with Crippen LogP contribution in [0.3, 0.4) is 0 Å². The van der Waals surface area contributed by atoms with Gasteiger partial charge in [-0.2, -0.15) is 0 Å². The third-order valence-electron chi connectivity index (χ3n) is 6.28. The summed E-state index contributed by atoms with van der Waals surface area (Å²) in [5, 5.41) is 0. The monoisotopic (exact) mass is 436 g/mol. The fourth-order valence-electron chi connectivity index (χ4n) is 4.60. The minimum absolute atomic E-state index is 0.00915. The third kappa shape index (κ3) is 5.19. The lowest BCUT2D eigenvalue weighted by atomic mass is 9.73. The first kappa shape index (κ1) is 23.5. The van der Waals surface area contributed by atoms with E-state index in [0.29, 0.717) is 31.2 Å². The van der Waals surface area contributed by atoms with Gasteiger partial charge in [0.05, 0.1) is 0 Å². The van der Waals surface area contributed by atoms with Crippen LogP contribution in [-0.2, 0) is 12.8 Å². The van der Waals surface area contributed by atoms with E-state index in [2.05, 4.69) is 0 Å². The van der Waals surface area contributed by atoms with E-state index in [1.165, 1.54) is 18.2 Å². The molecule has 0 aromatic heterocycles. The number of aryl methyl sites for hydroxylation is 2. The SMILES string of the molecule is C/C=C/CCc1ccc(C2CCC(c3ccc(CCC)c(F)c3)C(F)(F)C2)c(F)c1F. The van der Waals surface area contributed by atoms with Crippen LogP contribution in [0.5, 0.6) is 0 Å². The van der Waals surface area contributed by atoms with E-state index in [4.69, 9.17) is 0 Å². The summed E-state index contributed by atoms with van der Waals surface area (Å²) in [4.78, 5) is 0. The van der Waals surface area contributed by atoms with Crippen molar-refractivity contribution in [1.82, 2.24) is 0 Å². The van der Waals surface area contributed by atoms with Gasteiger partial charge in [-0.15, -0.1) is 0 Å². The number of hydrogen-bond donors (Lipinski definition) is 0. The van der Waals surface area contributed by atoms with E-state index >= 15 is 8.78 Å². The van der Waals surface area contributed by atoms with Crippen molar-refractivity contribution in [3.63, 3.8) is 0 Å². The predicted octanol–water partition coefficient (Wildman–Crippen LogP) is 8.25. The molecule has 0 radical (unpaired) electrons. The van der Waals surface area contributed by atoms with E-state index < -0.39 is 41.6 Å². The molecule has 2 unspecified atom stereocenters. The first-order chi connectivity index (χ1) is 14.8. The van der Waals surface area contributed by atoms with Crippen molar-refractivity contribution in [1.29, 1.82) is 0 Å². The molecule has 0 N–H and O–H groups in total. The summed E-state index contributed by atoms with van der Waals surface area (Å²) < 4.78 is 73.6. The van der Waals surface area contributed by atoms with Crippen molar-refractivity contribution >= 4 is 0 Å². The molecule has 2 atom stereocenters. The molecule has 0 saturated heterocycles. The molecule has 2 aromatic carbocycles. The molecule has 3 rings (SSSR count). The Morgan fingerprint density at radius 2 is 1.71 bits per heavy atom. The van der Waals surface area contributed by atoms with E-state index in [1.807, 2.05) is 26.0 Å². The van der Waals surface area contributed by atoms with Crippen molar-refractivity contribution < 1.29 is 22.0 Å². The Balaban J connectivity index is 1.78. The van der Waals surface area contributed by atoms with Gasteiger partial charge in [0.15, 0.2) is 11.6 Å². The smallest absolute Gasteiger partial charge is 0.207 e. The summed E-state index contributed by atoms with van der Waals surface area (Å²) >= 11 is 0. The second-order valence-electron chi connectivity index (χ2n) is 8.44. The molecule has 2 aromatic rings. The van der Waals surface area contributed by atoms with Gasteiger partial charge in [0, 0.05) is 12.3 Å². The zero-order valence-corrected chi connectivity index (χ0v) is 18.0. The van der Waals surface area contributed by atoms with Gasteiger partial charge in [-0.25, -0.2) is 22.0 Å². The largest absolute Gasteiger partial charge is 0.255 e. The molecule has 1 saturated carbocycles. The minimum Gasteiger partial charge on any atom is -0.207 e. The molecule has 5 heteroatoms. The van der Waals surface area contributed by atoms with Gasteiger partial charge in [0.2, 0.25) is 0 Å². The topological polar surface area (TPSA) is 0 Å². The Hall–Kier alpha value is -2.17. The summed E-state index contributed by atoms with van der Waals surface area (Å²) in [5.74, 6) is -7.45. The maximum absolute atomic E-state index is 15.0. The zero-order chi connectivity index (χ0) is 22.6. The molecular weight excluding hydrogens is 407 g/mol. The normalized spacial score (nSPS) is 21.0. The number of alkyl halides is 2. The molecule has 168 valence electrons. The Morgan fingerprint density at radius 1 is 0.968 bits per heavy atom.